The standard InChI is InChI=1S/C48H58N8O7/c1-23(2)39(53-47(59)61-7)45(57)55-38(20-35-26(5)41(35)55)44-50-22-36(52-44)31-13-12-29-17-28(9-11-30(29)18-31)10-14-33-21-49-43(51-33)37-19-34-27(6)42(34)56(37)46(58)40(54-48(60)62-8)32-15-24(3)63-25(4)16-32/h9,11-13,17-18,21-27,32,34-35,37-42H,15-16,19-20H2,1-8H3,(H,49,51)(H,50,52)(H,53,59)(H,54,60)/t24-,25+,26?,27-,32+,34?,35?,37+,38+,39?,40?,41?,42?/m1/s1. The number of benzene rings is 2. The zero-order valence-corrected chi connectivity index (χ0v) is 37.2. The smallest absolute Gasteiger partial charge is 0.407 e. The molecular formula is C48H58N8O7. The van der Waals surface area contributed by atoms with Crippen molar-refractivity contribution in [2.75, 3.05) is 14.2 Å². The molecule has 2 aromatic carbocycles. The summed E-state index contributed by atoms with van der Waals surface area (Å²) in [5, 5.41) is 7.72. The molecule has 15 heteroatoms. The number of methoxy groups -OCH3 is 2. The lowest BCUT2D eigenvalue weighted by Crippen LogP contribution is -2.55. The molecule has 5 heterocycles. The van der Waals surface area contributed by atoms with Crippen molar-refractivity contribution in [2.45, 2.75) is 116 Å². The van der Waals surface area contributed by atoms with Crippen LogP contribution in [0.3, 0.4) is 0 Å². The second kappa shape index (κ2) is 16.7. The van der Waals surface area contributed by atoms with Gasteiger partial charge in [-0.25, -0.2) is 19.6 Å². The number of hydrogen-bond donors (Lipinski definition) is 4. The van der Waals surface area contributed by atoms with E-state index in [1.165, 1.54) is 14.2 Å². The number of carbonyl (C=O) groups is 4. The topological polar surface area (TPSA) is 184 Å². The van der Waals surface area contributed by atoms with Gasteiger partial charge in [0.25, 0.3) is 0 Å². The van der Waals surface area contributed by atoms with E-state index in [1.807, 2.05) is 49.8 Å². The van der Waals surface area contributed by atoms with Crippen LogP contribution in [-0.2, 0) is 23.8 Å². The fourth-order valence-corrected chi connectivity index (χ4v) is 11.1. The monoisotopic (exact) mass is 858 g/mol. The first-order valence-corrected chi connectivity index (χ1v) is 22.4. The molecule has 3 saturated heterocycles. The Kier molecular flexibility index (Phi) is 11.2. The Morgan fingerprint density at radius 1 is 0.746 bits per heavy atom. The largest absolute Gasteiger partial charge is 0.453 e. The highest BCUT2D eigenvalue weighted by molar-refractivity contribution is 5.89. The van der Waals surface area contributed by atoms with Crippen molar-refractivity contribution in [2.24, 2.45) is 35.5 Å². The first-order valence-electron chi connectivity index (χ1n) is 22.4. The van der Waals surface area contributed by atoms with E-state index < -0.39 is 24.3 Å². The molecule has 13 atom stereocenters. The molecule has 9 rings (SSSR count). The summed E-state index contributed by atoms with van der Waals surface area (Å²) >= 11 is 0. The highest BCUT2D eigenvalue weighted by Gasteiger charge is 2.63. The third-order valence-corrected chi connectivity index (χ3v) is 14.5. The number of fused-ring (bicyclic) bond motifs is 3. The number of hydrogen-bond acceptors (Lipinski definition) is 9. The lowest BCUT2D eigenvalue weighted by atomic mass is 9.85. The number of amides is 4. The number of likely N-dealkylation sites (tertiary alicyclic amines) is 2. The van der Waals surface area contributed by atoms with E-state index in [0.717, 1.165) is 46.3 Å². The van der Waals surface area contributed by atoms with Crippen LogP contribution in [0.4, 0.5) is 9.59 Å². The molecular weight excluding hydrogens is 801 g/mol. The summed E-state index contributed by atoms with van der Waals surface area (Å²) < 4.78 is 15.8. The van der Waals surface area contributed by atoms with Crippen molar-refractivity contribution in [3.63, 3.8) is 0 Å². The van der Waals surface area contributed by atoms with Gasteiger partial charge in [-0.2, -0.15) is 0 Å². The second-order valence-corrected chi connectivity index (χ2v) is 18.9. The number of imidazole rings is 2. The number of nitrogens with one attached hydrogen (secondary N) is 4. The lowest BCUT2D eigenvalue weighted by molar-refractivity contribution is -0.140. The predicted octanol–water partition coefficient (Wildman–Crippen LogP) is 6.48. The fraction of sp³-hybridized carbons (Fsp3) is 0.542. The van der Waals surface area contributed by atoms with Crippen molar-refractivity contribution in [1.29, 1.82) is 0 Å². The molecule has 2 aliphatic carbocycles. The molecule has 0 bridgehead atoms. The number of piperidine rings is 2. The van der Waals surface area contributed by atoms with Gasteiger partial charge in [0.15, 0.2) is 0 Å². The Labute approximate surface area is 367 Å². The van der Waals surface area contributed by atoms with E-state index in [4.69, 9.17) is 24.2 Å². The van der Waals surface area contributed by atoms with Gasteiger partial charge in [-0.05, 0) is 110 Å². The average molecular weight is 859 g/mol. The number of aromatic amines is 2. The molecule has 4 aromatic rings. The molecule has 332 valence electrons. The molecule has 0 radical (unpaired) electrons. The summed E-state index contributed by atoms with van der Waals surface area (Å²) in [5.74, 6) is 9.12. The van der Waals surface area contributed by atoms with Crippen molar-refractivity contribution in [3.8, 4) is 23.1 Å². The van der Waals surface area contributed by atoms with Crippen LogP contribution in [0.25, 0.3) is 22.0 Å². The Morgan fingerprint density at radius 3 is 1.98 bits per heavy atom. The summed E-state index contributed by atoms with van der Waals surface area (Å²) in [6, 6.07) is 10.7. The van der Waals surface area contributed by atoms with Crippen LogP contribution in [0, 0.1) is 47.3 Å². The van der Waals surface area contributed by atoms with Crippen LogP contribution < -0.4 is 10.6 Å². The molecule has 2 aromatic heterocycles. The average Bonchev–Trinajstić information content (AvgIpc) is 3.74. The van der Waals surface area contributed by atoms with Crippen LogP contribution in [0.5, 0.6) is 0 Å². The van der Waals surface area contributed by atoms with E-state index in [9.17, 15) is 19.2 Å². The SMILES string of the molecule is COC(=O)NC(C(=O)N1C2C(C)C2C[C@H]1c1ncc(-c2ccc3cc(C#Cc4cnc([C@@H]5CC6C([C@@H]6C)N5C(=O)C(NC(=O)OC)[C@H]5C[C@@H](C)O[C@@H](C)C5)[nH]4)ccc3c2)[nH]1)C(C)C. The van der Waals surface area contributed by atoms with Gasteiger partial charge in [-0.3, -0.25) is 9.59 Å². The van der Waals surface area contributed by atoms with Crippen LogP contribution in [-0.4, -0.2) is 104 Å². The fourth-order valence-electron chi connectivity index (χ4n) is 11.1. The molecule has 0 spiro atoms. The quantitative estimate of drug-likeness (QED) is 0.137. The van der Waals surface area contributed by atoms with Gasteiger partial charge >= 0.3 is 12.2 Å². The van der Waals surface area contributed by atoms with Crippen molar-refractivity contribution >= 4 is 34.8 Å². The van der Waals surface area contributed by atoms with Gasteiger partial charge in [0.1, 0.15) is 29.4 Å². The van der Waals surface area contributed by atoms with Gasteiger partial charge in [0, 0.05) is 23.2 Å². The number of ether oxygens (including phenoxy) is 3. The minimum absolute atomic E-state index is 0.0228. The first-order chi connectivity index (χ1) is 30.2. The van der Waals surface area contributed by atoms with Gasteiger partial charge in [0.2, 0.25) is 11.8 Å². The number of carbonyl (C=O) groups excluding carboxylic acids is 4. The van der Waals surface area contributed by atoms with Gasteiger partial charge in [0.05, 0.1) is 56.6 Å². The highest BCUT2D eigenvalue weighted by Crippen LogP contribution is 2.59. The van der Waals surface area contributed by atoms with Gasteiger partial charge in [-0.15, -0.1) is 0 Å². The van der Waals surface area contributed by atoms with Crippen LogP contribution >= 0.6 is 0 Å². The number of aromatic nitrogens is 4. The Balaban J connectivity index is 0.892. The second-order valence-electron chi connectivity index (χ2n) is 18.9. The molecule has 4 amide bonds. The van der Waals surface area contributed by atoms with Crippen molar-refractivity contribution < 1.29 is 33.4 Å². The molecule has 5 fully saturated rings. The third-order valence-electron chi connectivity index (χ3n) is 14.5. The number of H-pyrrole nitrogens is 2. The number of alkyl carbamates (subject to hydrolysis) is 2. The highest BCUT2D eigenvalue weighted by atomic mass is 16.5. The summed E-state index contributed by atoms with van der Waals surface area (Å²) in [6.45, 7) is 12.2. The minimum Gasteiger partial charge on any atom is -0.453 e. The molecule has 3 aliphatic heterocycles. The van der Waals surface area contributed by atoms with Crippen LogP contribution in [0.2, 0.25) is 0 Å². The first kappa shape index (κ1) is 42.4. The Hall–Kier alpha value is -5.88. The van der Waals surface area contributed by atoms with Crippen LogP contribution in [0.15, 0.2) is 48.8 Å². The Bertz CT molecular complexity index is 2480. The molecule has 15 nitrogen and oxygen atoms in total. The van der Waals surface area contributed by atoms with Crippen molar-refractivity contribution in [3.05, 3.63) is 71.7 Å². The number of rotatable bonds is 9. The summed E-state index contributed by atoms with van der Waals surface area (Å²) in [7, 11) is 2.62. The van der Waals surface area contributed by atoms with Crippen molar-refractivity contribution in [1.82, 2.24) is 40.4 Å². The van der Waals surface area contributed by atoms with E-state index in [0.29, 0.717) is 48.0 Å². The Morgan fingerprint density at radius 2 is 1.33 bits per heavy atom. The minimum atomic E-state index is -0.730. The molecule has 63 heavy (non-hydrogen) atoms. The normalized spacial score (nSPS) is 30.1. The summed E-state index contributed by atoms with van der Waals surface area (Å²) in [5.41, 5.74) is 3.33. The molecule has 7 unspecified atom stereocenters. The summed E-state index contributed by atoms with van der Waals surface area (Å²) in [6.07, 6.45) is 5.21. The molecule has 2 saturated carbocycles. The van der Waals surface area contributed by atoms with Gasteiger partial charge in [-0.1, -0.05) is 51.8 Å². The lowest BCUT2D eigenvalue weighted by Gasteiger charge is -2.39. The van der Waals surface area contributed by atoms with E-state index in [2.05, 4.69) is 76.6 Å². The van der Waals surface area contributed by atoms with E-state index >= 15 is 0 Å². The van der Waals surface area contributed by atoms with E-state index in [1.54, 1.807) is 6.20 Å². The van der Waals surface area contributed by atoms with E-state index in [-0.39, 0.29) is 60.0 Å². The maximum atomic E-state index is 14.5. The van der Waals surface area contributed by atoms with Gasteiger partial charge < -0.3 is 44.6 Å². The predicted molar refractivity (Wildman–Crippen MR) is 234 cm³/mol. The molecule has 5 aliphatic rings. The maximum absolute atomic E-state index is 14.5. The maximum Gasteiger partial charge on any atom is 0.407 e. The third kappa shape index (κ3) is 8.02. The molecule has 4 N–H and O–H groups in total. The summed E-state index contributed by atoms with van der Waals surface area (Å²) in [4.78, 5) is 73.5. The zero-order valence-electron chi connectivity index (χ0n) is 37.2. The zero-order chi connectivity index (χ0) is 44.4. The number of nitrogens with zero attached hydrogens (tertiary/aromatic N) is 4. The van der Waals surface area contributed by atoms with Crippen LogP contribution in [0.1, 0.15) is 102 Å².